The lowest BCUT2D eigenvalue weighted by atomic mass is 10.1. The lowest BCUT2D eigenvalue weighted by Crippen LogP contribution is -2.14. The molecule has 0 unspecified atom stereocenters. The van der Waals surface area contributed by atoms with Gasteiger partial charge in [0.1, 0.15) is 0 Å². The van der Waals surface area contributed by atoms with Crippen molar-refractivity contribution in [2.45, 2.75) is 6.61 Å². The normalized spacial score (nSPS) is 11.3. The smallest absolute Gasteiger partial charge is 0.330 e. The number of nitrogens with one attached hydrogen (secondary N) is 1. The summed E-state index contributed by atoms with van der Waals surface area (Å²) in [7, 11) is 1.41. The van der Waals surface area contributed by atoms with Gasteiger partial charge in [0.25, 0.3) is 0 Å². The van der Waals surface area contributed by atoms with E-state index in [2.05, 4.69) is 4.98 Å². The van der Waals surface area contributed by atoms with Crippen molar-refractivity contribution in [2.75, 3.05) is 7.11 Å². The second-order valence-electron chi connectivity index (χ2n) is 8.54. The molecule has 0 amide bonds. The van der Waals surface area contributed by atoms with Crippen molar-refractivity contribution in [1.82, 2.24) is 9.55 Å². The highest BCUT2D eigenvalue weighted by Gasteiger charge is 2.12. The van der Waals surface area contributed by atoms with Crippen LogP contribution in [0.15, 0.2) is 95.9 Å². The Kier molecular flexibility index (Phi) is 6.45. The quantitative estimate of drug-likeness (QED) is 0.217. The highest BCUT2D eigenvalue weighted by Crippen LogP contribution is 2.32. The highest BCUT2D eigenvalue weighted by molar-refractivity contribution is 6.07. The van der Waals surface area contributed by atoms with E-state index in [1.807, 2.05) is 42.5 Å². The molecule has 5 aromatic rings. The van der Waals surface area contributed by atoms with Crippen molar-refractivity contribution >= 4 is 22.6 Å². The molecule has 7 heteroatoms. The maximum absolute atomic E-state index is 12.9. The Labute approximate surface area is 212 Å². The number of ketones is 1. The van der Waals surface area contributed by atoms with Gasteiger partial charge in [0.05, 0.1) is 25.1 Å². The van der Waals surface area contributed by atoms with E-state index in [0.717, 1.165) is 16.3 Å². The molecule has 0 aliphatic rings. The molecular weight excluding hydrogens is 468 g/mol. The van der Waals surface area contributed by atoms with Gasteiger partial charge in [0, 0.05) is 22.9 Å². The number of hydrogen-bond acceptors (Lipinski definition) is 5. The van der Waals surface area contributed by atoms with Crippen LogP contribution in [0.2, 0.25) is 0 Å². The van der Waals surface area contributed by atoms with Crippen molar-refractivity contribution in [3.8, 4) is 28.4 Å². The minimum Gasteiger partial charge on any atom is -0.504 e. The number of fused-ring (bicyclic) bond motifs is 1. The molecule has 37 heavy (non-hydrogen) atoms. The maximum Gasteiger partial charge on any atom is 0.330 e. The number of H-pyrrole nitrogens is 1. The zero-order valence-corrected chi connectivity index (χ0v) is 20.0. The number of rotatable bonds is 7. The Morgan fingerprint density at radius 2 is 1.81 bits per heavy atom. The Hall–Kier alpha value is -4.88. The number of carbonyl (C=O) groups excluding carboxylic acids is 1. The first-order valence-electron chi connectivity index (χ1n) is 11.6. The Morgan fingerprint density at radius 1 is 1.00 bits per heavy atom. The summed E-state index contributed by atoms with van der Waals surface area (Å²) in [5.41, 5.74) is 3.09. The number of nitrogens with zero attached hydrogens (tertiary/aromatic N) is 1. The fourth-order valence-corrected chi connectivity index (χ4v) is 4.23. The SMILES string of the molecule is COc1cc(C=CC(=O)c2cccc(-n3cc(-c4ccc5ccccc5c4)[nH]c3=O)c2)cc(CO)c1O. The minimum absolute atomic E-state index is 0.138. The first kappa shape index (κ1) is 23.8. The number of carbonyl (C=O) groups is 1. The van der Waals surface area contributed by atoms with Gasteiger partial charge >= 0.3 is 5.69 Å². The van der Waals surface area contributed by atoms with Crippen LogP contribution >= 0.6 is 0 Å². The molecule has 0 saturated carbocycles. The molecular formula is C30H24N2O5. The third-order valence-electron chi connectivity index (χ3n) is 6.18. The first-order valence-corrected chi connectivity index (χ1v) is 11.6. The van der Waals surface area contributed by atoms with E-state index in [9.17, 15) is 19.8 Å². The van der Waals surface area contributed by atoms with Crippen LogP contribution in [0.1, 0.15) is 21.5 Å². The van der Waals surface area contributed by atoms with Gasteiger partial charge in [-0.2, -0.15) is 0 Å². The van der Waals surface area contributed by atoms with Gasteiger partial charge in [-0.1, -0.05) is 54.6 Å². The van der Waals surface area contributed by atoms with E-state index in [0.29, 0.717) is 28.1 Å². The monoisotopic (exact) mass is 492 g/mol. The number of ether oxygens (including phenoxy) is 1. The van der Waals surface area contributed by atoms with Gasteiger partial charge in [-0.25, -0.2) is 4.79 Å². The van der Waals surface area contributed by atoms with Crippen LogP contribution in [0, 0.1) is 0 Å². The number of benzene rings is 4. The van der Waals surface area contributed by atoms with E-state index >= 15 is 0 Å². The molecule has 184 valence electrons. The summed E-state index contributed by atoms with van der Waals surface area (Å²) in [5, 5.41) is 21.7. The van der Waals surface area contributed by atoms with Crippen LogP contribution < -0.4 is 10.4 Å². The van der Waals surface area contributed by atoms with Gasteiger partial charge in [0.15, 0.2) is 17.3 Å². The lowest BCUT2D eigenvalue weighted by Gasteiger charge is -2.08. The van der Waals surface area contributed by atoms with Gasteiger partial charge in [-0.05, 0) is 52.7 Å². The van der Waals surface area contributed by atoms with Crippen LogP contribution in [0.4, 0.5) is 0 Å². The molecule has 0 spiro atoms. The molecule has 3 N–H and O–H groups in total. The lowest BCUT2D eigenvalue weighted by molar-refractivity contribution is 0.104. The summed E-state index contributed by atoms with van der Waals surface area (Å²) in [6, 6.07) is 24.0. The molecule has 4 aromatic carbocycles. The van der Waals surface area contributed by atoms with Gasteiger partial charge < -0.3 is 19.9 Å². The van der Waals surface area contributed by atoms with Gasteiger partial charge in [0.2, 0.25) is 0 Å². The van der Waals surface area contributed by atoms with Crippen LogP contribution in [0.5, 0.6) is 11.5 Å². The summed E-state index contributed by atoms with van der Waals surface area (Å²) in [6.45, 7) is -0.369. The summed E-state index contributed by atoms with van der Waals surface area (Å²) in [6.07, 6.45) is 4.70. The topological polar surface area (TPSA) is 105 Å². The second kappa shape index (κ2) is 10.0. The van der Waals surface area contributed by atoms with Crippen molar-refractivity contribution in [3.63, 3.8) is 0 Å². The van der Waals surface area contributed by atoms with E-state index in [1.165, 1.54) is 17.8 Å². The molecule has 1 heterocycles. The summed E-state index contributed by atoms with van der Waals surface area (Å²) < 4.78 is 6.61. The maximum atomic E-state index is 12.9. The van der Waals surface area contributed by atoms with E-state index in [4.69, 9.17) is 4.74 Å². The average molecular weight is 493 g/mol. The van der Waals surface area contributed by atoms with Crippen LogP contribution in [0.3, 0.4) is 0 Å². The molecule has 0 radical (unpaired) electrons. The summed E-state index contributed by atoms with van der Waals surface area (Å²) >= 11 is 0. The Balaban J connectivity index is 1.42. The molecule has 0 saturated heterocycles. The molecule has 1 aromatic heterocycles. The number of aromatic hydroxyl groups is 1. The first-order chi connectivity index (χ1) is 18.0. The predicted octanol–water partition coefficient (Wildman–Crippen LogP) is 5.09. The largest absolute Gasteiger partial charge is 0.504 e. The van der Waals surface area contributed by atoms with E-state index in [1.54, 1.807) is 48.7 Å². The zero-order chi connectivity index (χ0) is 25.9. The third kappa shape index (κ3) is 4.80. The molecule has 0 fully saturated rings. The van der Waals surface area contributed by atoms with Gasteiger partial charge in [-0.3, -0.25) is 9.36 Å². The highest BCUT2D eigenvalue weighted by atomic mass is 16.5. The number of hydrogen-bond donors (Lipinski definition) is 3. The molecule has 0 atom stereocenters. The second-order valence-corrected chi connectivity index (χ2v) is 8.54. The van der Waals surface area contributed by atoms with Crippen LogP contribution in [0.25, 0.3) is 33.8 Å². The number of phenols is 1. The van der Waals surface area contributed by atoms with E-state index in [-0.39, 0.29) is 29.6 Å². The van der Waals surface area contributed by atoms with Crippen molar-refractivity contribution in [3.05, 3.63) is 118 Å². The van der Waals surface area contributed by atoms with Crippen molar-refractivity contribution < 1.29 is 19.7 Å². The number of aromatic amines is 1. The third-order valence-corrected chi connectivity index (χ3v) is 6.18. The number of allylic oxidation sites excluding steroid dienone is 1. The number of aliphatic hydroxyl groups is 1. The summed E-state index contributed by atoms with van der Waals surface area (Å²) in [5.74, 6) is -0.200. The fourth-order valence-electron chi connectivity index (χ4n) is 4.23. The van der Waals surface area contributed by atoms with Crippen LogP contribution in [-0.4, -0.2) is 32.7 Å². The molecule has 0 bridgehead atoms. The van der Waals surface area contributed by atoms with Crippen molar-refractivity contribution in [1.29, 1.82) is 0 Å². The number of imidazole rings is 1. The van der Waals surface area contributed by atoms with Crippen molar-refractivity contribution in [2.24, 2.45) is 0 Å². The molecule has 5 rings (SSSR count). The average Bonchev–Trinajstić information content (AvgIpc) is 3.33. The van der Waals surface area contributed by atoms with Crippen LogP contribution in [-0.2, 0) is 6.61 Å². The molecule has 0 aliphatic heterocycles. The number of aliphatic hydroxyl groups excluding tert-OH is 1. The Bertz CT molecular complexity index is 1690. The number of aromatic nitrogens is 2. The fraction of sp³-hybridized carbons (Fsp3) is 0.0667. The number of methoxy groups -OCH3 is 1. The standard InChI is InChI=1S/C30H24N2O5/c1-37-28-14-19(13-24(18-33)29(28)35)9-12-27(34)23-7-4-8-25(16-23)32-17-26(31-30(32)36)22-11-10-20-5-2-3-6-21(20)15-22/h2-17,33,35H,18H2,1H3,(H,31,36). The van der Waals surface area contributed by atoms with Gasteiger partial charge in [-0.15, -0.1) is 0 Å². The molecule has 0 aliphatic carbocycles. The predicted molar refractivity (Wildman–Crippen MR) is 143 cm³/mol. The minimum atomic E-state index is -0.369. The zero-order valence-electron chi connectivity index (χ0n) is 20.0. The summed E-state index contributed by atoms with van der Waals surface area (Å²) in [4.78, 5) is 28.6. The molecule has 7 nitrogen and oxygen atoms in total. The van der Waals surface area contributed by atoms with E-state index < -0.39 is 0 Å². The Morgan fingerprint density at radius 3 is 2.59 bits per heavy atom.